The summed E-state index contributed by atoms with van der Waals surface area (Å²) >= 11 is 8.21. The van der Waals surface area contributed by atoms with Crippen molar-refractivity contribution in [2.45, 2.75) is 128 Å². The molecule has 324 valence electrons. The van der Waals surface area contributed by atoms with E-state index in [9.17, 15) is 19.2 Å². The molecule has 6 atom stereocenters. The lowest BCUT2D eigenvalue weighted by atomic mass is 9.88. The molecule has 13 nitrogen and oxygen atoms in total. The van der Waals surface area contributed by atoms with Crippen LogP contribution in [-0.2, 0) is 9.47 Å². The van der Waals surface area contributed by atoms with Gasteiger partial charge in [-0.2, -0.15) is 15.2 Å². The molecule has 4 fully saturated rings. The number of nitrogens with zero attached hydrogens (tertiary/aromatic N) is 6. The van der Waals surface area contributed by atoms with E-state index in [1.54, 1.807) is 25.7 Å². The molecule has 2 aromatic heterocycles. The average molecular weight is 882 g/mol. The van der Waals surface area contributed by atoms with Crippen molar-refractivity contribution in [2.24, 2.45) is 0 Å². The average Bonchev–Trinajstić information content (AvgIpc) is 3.87. The van der Waals surface area contributed by atoms with Gasteiger partial charge in [0, 0.05) is 40.7 Å². The van der Waals surface area contributed by atoms with Gasteiger partial charge in [0.1, 0.15) is 58.3 Å². The van der Waals surface area contributed by atoms with Gasteiger partial charge in [0.15, 0.2) is 11.6 Å². The van der Waals surface area contributed by atoms with Crippen molar-refractivity contribution in [1.29, 1.82) is 5.26 Å². The van der Waals surface area contributed by atoms with Crippen LogP contribution in [0.1, 0.15) is 86.1 Å². The van der Waals surface area contributed by atoms with Gasteiger partial charge in [-0.3, -0.25) is 15.1 Å². The first kappa shape index (κ1) is 41.6. The molecule has 9 rings (SSSR count). The maximum absolute atomic E-state index is 17.8. The number of piperazine rings is 1. The number of ether oxygens (including phenoxy) is 4. The van der Waals surface area contributed by atoms with Crippen LogP contribution >= 0.6 is 22.9 Å². The third-order valence-corrected chi connectivity index (χ3v) is 13.9. The molecule has 1 N–H and O–H groups in total. The molecule has 2 amide bonds. The van der Waals surface area contributed by atoms with Gasteiger partial charge in [0.2, 0.25) is 0 Å². The van der Waals surface area contributed by atoms with Crippen LogP contribution in [0.4, 0.5) is 33.6 Å². The number of amides is 2. The number of benzene rings is 2. The minimum Gasteiger partial charge on any atom is -0.489 e. The Bertz CT molecular complexity index is 2540. The molecular weight excluding hydrogens is 835 g/mol. The highest BCUT2D eigenvalue weighted by atomic mass is 35.5. The van der Waals surface area contributed by atoms with Crippen molar-refractivity contribution in [2.75, 3.05) is 36.5 Å². The Balaban J connectivity index is 1.22. The third-order valence-electron chi connectivity index (χ3n) is 12.5. The fourth-order valence-electron chi connectivity index (χ4n) is 10.1. The fraction of sp³-hybridized carbons (Fsp3) is 0.558. The van der Waals surface area contributed by atoms with Crippen LogP contribution < -0.4 is 19.7 Å². The highest BCUT2D eigenvalue weighted by molar-refractivity contribution is 7.23. The summed E-state index contributed by atoms with van der Waals surface area (Å²) in [5.41, 5.74) is -3.33. The second kappa shape index (κ2) is 14.7. The first-order valence-corrected chi connectivity index (χ1v) is 21.8. The largest absolute Gasteiger partial charge is 0.489 e. The van der Waals surface area contributed by atoms with E-state index in [0.717, 1.165) is 30.4 Å². The summed E-state index contributed by atoms with van der Waals surface area (Å²) in [6, 6.07) is 3.32. The fourth-order valence-corrected chi connectivity index (χ4v) is 11.5. The number of rotatable bonds is 5. The maximum Gasteiger partial charge on any atom is 0.412 e. The van der Waals surface area contributed by atoms with Crippen LogP contribution in [0.2, 0.25) is 5.02 Å². The molecule has 1 unspecified atom stereocenters. The molecule has 4 saturated heterocycles. The van der Waals surface area contributed by atoms with E-state index in [1.165, 1.54) is 6.07 Å². The van der Waals surface area contributed by atoms with Crippen molar-refractivity contribution < 1.29 is 41.7 Å². The molecule has 0 spiro atoms. The number of anilines is 2. The summed E-state index contributed by atoms with van der Waals surface area (Å²) in [6.45, 7) is 13.6. The van der Waals surface area contributed by atoms with Gasteiger partial charge >= 0.3 is 18.2 Å². The molecule has 0 aliphatic carbocycles. The van der Waals surface area contributed by atoms with Gasteiger partial charge < -0.3 is 23.8 Å². The molecule has 0 saturated carbocycles. The van der Waals surface area contributed by atoms with Gasteiger partial charge in [-0.1, -0.05) is 11.6 Å². The molecule has 2 aromatic carbocycles. The Morgan fingerprint density at radius 3 is 2.54 bits per heavy atom. The lowest BCUT2D eigenvalue weighted by Crippen LogP contribution is -2.63. The highest BCUT2D eigenvalue weighted by Crippen LogP contribution is 2.53. The summed E-state index contributed by atoms with van der Waals surface area (Å²) in [7, 11) is 0. The predicted molar refractivity (Wildman–Crippen MR) is 225 cm³/mol. The van der Waals surface area contributed by atoms with Gasteiger partial charge in [-0.15, -0.1) is 11.3 Å². The SMILES string of the molecule is CC(Oc1nc2c3c(c(Cl)c(-c4c(F)ccc5sc(NC(=O)OC(C)(C)C)c(C#N)c45)c(F)c3n1)OC[C@@H]1[C@@H]3CC[C@H](CN21)N3C(=O)OC(C)(C)C)[C@@]12CCCN1C[C@H](F)C2. The van der Waals surface area contributed by atoms with Crippen LogP contribution in [0.5, 0.6) is 11.8 Å². The number of halogens is 4. The zero-order chi connectivity index (χ0) is 43.5. The standard InChI is InChI=1S/C43H47ClF3N7O6S/c1-20(43-13-8-14-52(43)17-21(45)15-43)58-38-49-34-31-35(57-19-26-25-11-9-22(18-53(26)36(31)50-38)54(25)40(56)60-42(5,6)7)32(44)30(33(34)47)29-24(46)10-12-27-28(29)23(16-48)37(61-27)51-39(55)59-41(2,3)4/h10,12,20-22,25-26H,8-9,11,13-15,17-19H2,1-7H3,(H,51,55)/t20?,21-,22-,25+,26-,43+/m1/s1. The third kappa shape index (κ3) is 6.93. The molecule has 2 bridgehead atoms. The number of carbonyl (C=O) groups excluding carboxylic acids is 2. The molecule has 0 radical (unpaired) electrons. The number of nitrogens with one attached hydrogen (secondary N) is 1. The van der Waals surface area contributed by atoms with Gasteiger partial charge in [0.25, 0.3) is 0 Å². The lowest BCUT2D eigenvalue weighted by Gasteiger charge is -2.46. The van der Waals surface area contributed by atoms with Crippen LogP contribution in [0, 0.1) is 23.0 Å². The van der Waals surface area contributed by atoms with Crippen molar-refractivity contribution in [3.05, 3.63) is 34.4 Å². The topological polar surface area (TPSA) is 142 Å². The zero-order valence-electron chi connectivity index (χ0n) is 35.0. The minimum atomic E-state index is -1.03. The predicted octanol–water partition coefficient (Wildman–Crippen LogP) is 9.35. The second-order valence-corrected chi connectivity index (χ2v) is 20.1. The quantitative estimate of drug-likeness (QED) is 0.205. The van der Waals surface area contributed by atoms with Gasteiger partial charge in [-0.25, -0.2) is 22.8 Å². The van der Waals surface area contributed by atoms with Crippen molar-refractivity contribution in [3.8, 4) is 29.0 Å². The van der Waals surface area contributed by atoms with Crippen molar-refractivity contribution >= 4 is 66.9 Å². The normalized spacial score (nSPS) is 25.1. The van der Waals surface area contributed by atoms with E-state index < -0.39 is 64.4 Å². The number of carbonyl (C=O) groups is 2. The highest BCUT2D eigenvalue weighted by Gasteiger charge is 2.54. The molecule has 5 aliphatic heterocycles. The smallest absolute Gasteiger partial charge is 0.412 e. The molecule has 18 heteroatoms. The summed E-state index contributed by atoms with van der Waals surface area (Å²) in [5, 5.41) is 13.0. The van der Waals surface area contributed by atoms with E-state index in [1.807, 2.05) is 32.6 Å². The van der Waals surface area contributed by atoms with Gasteiger partial charge in [-0.05, 0) is 92.8 Å². The first-order valence-electron chi connectivity index (χ1n) is 20.6. The Labute approximate surface area is 360 Å². The molecule has 61 heavy (non-hydrogen) atoms. The first-order chi connectivity index (χ1) is 28.8. The van der Waals surface area contributed by atoms with Crippen LogP contribution in [0.15, 0.2) is 12.1 Å². The molecular formula is C43H47ClF3N7O6S. The number of hydrogen-bond acceptors (Lipinski definition) is 12. The number of alkyl halides is 1. The van der Waals surface area contributed by atoms with Crippen molar-refractivity contribution in [1.82, 2.24) is 19.8 Å². The van der Waals surface area contributed by atoms with Crippen LogP contribution in [0.3, 0.4) is 0 Å². The monoisotopic (exact) mass is 881 g/mol. The van der Waals surface area contributed by atoms with Crippen LogP contribution in [0.25, 0.3) is 32.1 Å². The summed E-state index contributed by atoms with van der Waals surface area (Å²) in [6.07, 6.45) is 0.261. The number of hydrogen-bond donors (Lipinski definition) is 1. The number of thiophene rings is 1. The Morgan fingerprint density at radius 1 is 1.07 bits per heavy atom. The Morgan fingerprint density at radius 2 is 1.82 bits per heavy atom. The lowest BCUT2D eigenvalue weighted by molar-refractivity contribution is 0.00539. The maximum atomic E-state index is 17.8. The summed E-state index contributed by atoms with van der Waals surface area (Å²) < 4.78 is 74.0. The van der Waals surface area contributed by atoms with E-state index in [0.29, 0.717) is 37.1 Å². The second-order valence-electron chi connectivity index (χ2n) is 18.7. The zero-order valence-corrected chi connectivity index (χ0v) is 36.5. The molecule has 7 heterocycles. The summed E-state index contributed by atoms with van der Waals surface area (Å²) in [5.74, 6) is -1.65. The number of aromatic nitrogens is 2. The van der Waals surface area contributed by atoms with Crippen molar-refractivity contribution in [3.63, 3.8) is 0 Å². The Kier molecular flexibility index (Phi) is 9.99. The van der Waals surface area contributed by atoms with Gasteiger partial charge in [0.05, 0.1) is 39.6 Å². The molecule has 4 aromatic rings. The molecule has 5 aliphatic rings. The van der Waals surface area contributed by atoms with E-state index >= 15 is 8.78 Å². The summed E-state index contributed by atoms with van der Waals surface area (Å²) in [4.78, 5) is 42.0. The van der Waals surface area contributed by atoms with E-state index in [4.69, 9.17) is 35.5 Å². The van der Waals surface area contributed by atoms with E-state index in [2.05, 4.69) is 21.3 Å². The van der Waals surface area contributed by atoms with Crippen LogP contribution in [-0.4, -0.2) is 105 Å². The Hall–Kier alpha value is -4.79. The minimum absolute atomic E-state index is 0.00868. The number of nitriles is 1. The van der Waals surface area contributed by atoms with E-state index in [-0.39, 0.29) is 80.1 Å². The number of fused-ring (bicyclic) bond motifs is 7.